The molecule has 0 spiro atoms. The fourth-order valence-corrected chi connectivity index (χ4v) is 2.38. The molecule has 0 bridgehead atoms. The van der Waals surface area contributed by atoms with E-state index in [1.54, 1.807) is 0 Å². The molecule has 114 valence electrons. The lowest BCUT2D eigenvalue weighted by molar-refractivity contribution is -0.384. The molecule has 3 rings (SSSR count). The molecule has 6 heteroatoms. The molecule has 0 aliphatic heterocycles. The Hall–Kier alpha value is -3.33. The Labute approximate surface area is 132 Å². The van der Waals surface area contributed by atoms with Gasteiger partial charge in [0.05, 0.1) is 22.2 Å². The van der Waals surface area contributed by atoms with Gasteiger partial charge in [-0.25, -0.2) is 0 Å². The van der Waals surface area contributed by atoms with E-state index in [4.69, 9.17) is 4.42 Å². The van der Waals surface area contributed by atoms with Gasteiger partial charge < -0.3 is 9.73 Å². The third-order valence-corrected chi connectivity index (χ3v) is 3.58. The summed E-state index contributed by atoms with van der Waals surface area (Å²) in [5.74, 6) is 0.730. The summed E-state index contributed by atoms with van der Waals surface area (Å²) in [6.07, 6.45) is 0. The zero-order valence-corrected chi connectivity index (χ0v) is 12.3. The van der Waals surface area contributed by atoms with Crippen LogP contribution in [-0.2, 0) is 0 Å². The van der Waals surface area contributed by atoms with Gasteiger partial charge in [-0.2, -0.15) is 5.26 Å². The average molecular weight is 307 g/mol. The maximum atomic E-state index is 10.8. The van der Waals surface area contributed by atoms with Gasteiger partial charge in [0.25, 0.3) is 5.69 Å². The van der Waals surface area contributed by atoms with Crippen LogP contribution in [0.5, 0.6) is 0 Å². The lowest BCUT2D eigenvalue weighted by Gasteiger charge is -2.13. The standard InChI is InChI=1S/C17H13N3O3/c1-11(17-9-12-4-2-3-5-16(12)23-17)19-15-7-6-14(20(21)22)8-13(15)10-18/h2-9,11,19H,1H3. The maximum absolute atomic E-state index is 10.8. The second-order valence-electron chi connectivity index (χ2n) is 5.15. The van der Waals surface area contributed by atoms with E-state index in [2.05, 4.69) is 5.32 Å². The van der Waals surface area contributed by atoms with Crippen LogP contribution in [-0.4, -0.2) is 4.92 Å². The predicted molar refractivity (Wildman–Crippen MR) is 86.1 cm³/mol. The van der Waals surface area contributed by atoms with Gasteiger partial charge in [-0.3, -0.25) is 10.1 Å². The molecule has 23 heavy (non-hydrogen) atoms. The molecule has 0 amide bonds. The fourth-order valence-electron chi connectivity index (χ4n) is 2.38. The van der Waals surface area contributed by atoms with Crippen LogP contribution < -0.4 is 5.32 Å². The molecular weight excluding hydrogens is 294 g/mol. The molecule has 0 saturated heterocycles. The highest BCUT2D eigenvalue weighted by Gasteiger charge is 2.15. The molecule has 0 radical (unpaired) electrons. The Morgan fingerprint density at radius 1 is 1.26 bits per heavy atom. The minimum absolute atomic E-state index is 0.108. The topological polar surface area (TPSA) is 92.1 Å². The fraction of sp³-hybridized carbons (Fsp3) is 0.118. The van der Waals surface area contributed by atoms with Crippen molar-refractivity contribution in [1.29, 1.82) is 5.26 Å². The van der Waals surface area contributed by atoms with Crippen LogP contribution in [0.4, 0.5) is 11.4 Å². The quantitative estimate of drug-likeness (QED) is 0.570. The van der Waals surface area contributed by atoms with Crippen molar-refractivity contribution in [3.05, 3.63) is 70.0 Å². The molecule has 1 unspecified atom stereocenters. The van der Waals surface area contributed by atoms with Crippen molar-refractivity contribution in [2.75, 3.05) is 5.32 Å². The summed E-state index contributed by atoms with van der Waals surface area (Å²) in [5, 5.41) is 24.1. The number of nitrogens with zero attached hydrogens (tertiary/aromatic N) is 2. The summed E-state index contributed by atoms with van der Waals surface area (Å²) in [6, 6.07) is 15.6. The molecule has 0 fully saturated rings. The molecule has 1 atom stereocenters. The SMILES string of the molecule is CC(Nc1ccc([N+](=O)[O-])cc1C#N)c1cc2ccccc2o1. The highest BCUT2D eigenvalue weighted by Crippen LogP contribution is 2.28. The number of fused-ring (bicyclic) bond motifs is 1. The zero-order chi connectivity index (χ0) is 16.4. The summed E-state index contributed by atoms with van der Waals surface area (Å²) in [5.41, 5.74) is 1.44. The number of nitriles is 1. The molecule has 1 N–H and O–H groups in total. The van der Waals surface area contributed by atoms with Crippen LogP contribution in [0.3, 0.4) is 0 Å². The lowest BCUT2D eigenvalue weighted by Crippen LogP contribution is -2.07. The first-order valence-electron chi connectivity index (χ1n) is 7.02. The van der Waals surface area contributed by atoms with E-state index in [1.165, 1.54) is 18.2 Å². The number of rotatable bonds is 4. The summed E-state index contributed by atoms with van der Waals surface area (Å²) >= 11 is 0. The first kappa shape index (κ1) is 14.6. The molecule has 0 aliphatic carbocycles. The van der Waals surface area contributed by atoms with E-state index in [0.29, 0.717) is 5.69 Å². The Morgan fingerprint density at radius 3 is 2.74 bits per heavy atom. The van der Waals surface area contributed by atoms with Crippen molar-refractivity contribution >= 4 is 22.3 Å². The highest BCUT2D eigenvalue weighted by atomic mass is 16.6. The predicted octanol–water partition coefficient (Wildman–Crippen LogP) is 4.39. The number of nitro benzene ring substituents is 1. The molecule has 1 aromatic heterocycles. The van der Waals surface area contributed by atoms with Crippen molar-refractivity contribution in [3.8, 4) is 6.07 Å². The van der Waals surface area contributed by atoms with Crippen LogP contribution in [0.1, 0.15) is 24.3 Å². The van der Waals surface area contributed by atoms with E-state index < -0.39 is 4.92 Å². The first-order valence-corrected chi connectivity index (χ1v) is 7.02. The smallest absolute Gasteiger partial charge is 0.270 e. The summed E-state index contributed by atoms with van der Waals surface area (Å²) in [4.78, 5) is 10.3. The number of benzene rings is 2. The van der Waals surface area contributed by atoms with Gasteiger partial charge in [-0.15, -0.1) is 0 Å². The van der Waals surface area contributed by atoms with Gasteiger partial charge in [0, 0.05) is 17.5 Å². The van der Waals surface area contributed by atoms with Crippen LogP contribution in [0.2, 0.25) is 0 Å². The molecule has 6 nitrogen and oxygen atoms in total. The van der Waals surface area contributed by atoms with Crippen LogP contribution in [0, 0.1) is 21.4 Å². The van der Waals surface area contributed by atoms with E-state index >= 15 is 0 Å². The highest BCUT2D eigenvalue weighted by molar-refractivity contribution is 5.78. The second kappa shape index (κ2) is 5.81. The third kappa shape index (κ3) is 2.85. The molecule has 3 aromatic rings. The Kier molecular flexibility index (Phi) is 3.69. The maximum Gasteiger partial charge on any atom is 0.270 e. The number of hydrogen-bond acceptors (Lipinski definition) is 5. The second-order valence-corrected chi connectivity index (χ2v) is 5.15. The van der Waals surface area contributed by atoms with Crippen molar-refractivity contribution in [2.24, 2.45) is 0 Å². The minimum Gasteiger partial charge on any atom is -0.459 e. The Bertz CT molecular complexity index is 891. The largest absolute Gasteiger partial charge is 0.459 e. The number of nitrogens with one attached hydrogen (secondary N) is 1. The van der Waals surface area contributed by atoms with Gasteiger partial charge in [0.2, 0.25) is 0 Å². The van der Waals surface area contributed by atoms with E-state index in [1.807, 2.05) is 43.3 Å². The monoisotopic (exact) mass is 307 g/mol. The Morgan fingerprint density at radius 2 is 2.04 bits per heavy atom. The van der Waals surface area contributed by atoms with Gasteiger partial charge in [-0.1, -0.05) is 18.2 Å². The number of hydrogen-bond donors (Lipinski definition) is 1. The molecule has 0 saturated carbocycles. The van der Waals surface area contributed by atoms with Crippen molar-refractivity contribution in [2.45, 2.75) is 13.0 Å². The molecule has 1 heterocycles. The van der Waals surface area contributed by atoms with E-state index in [9.17, 15) is 15.4 Å². The molecule has 0 aliphatic rings. The molecule has 2 aromatic carbocycles. The number of para-hydroxylation sites is 1. The van der Waals surface area contributed by atoms with E-state index in [0.717, 1.165) is 16.7 Å². The zero-order valence-electron chi connectivity index (χ0n) is 12.3. The number of non-ortho nitro benzene ring substituents is 1. The van der Waals surface area contributed by atoms with Crippen LogP contribution in [0.25, 0.3) is 11.0 Å². The minimum atomic E-state index is -0.521. The molecular formula is C17H13N3O3. The van der Waals surface area contributed by atoms with Crippen LogP contribution in [0.15, 0.2) is 52.9 Å². The van der Waals surface area contributed by atoms with Crippen LogP contribution >= 0.6 is 0 Å². The van der Waals surface area contributed by atoms with Crippen molar-refractivity contribution in [1.82, 2.24) is 0 Å². The Balaban J connectivity index is 1.89. The number of furan rings is 1. The first-order chi connectivity index (χ1) is 11.1. The summed E-state index contributed by atoms with van der Waals surface area (Å²) in [7, 11) is 0. The normalized spacial score (nSPS) is 11.8. The van der Waals surface area contributed by atoms with E-state index in [-0.39, 0.29) is 17.3 Å². The number of nitro groups is 1. The summed E-state index contributed by atoms with van der Waals surface area (Å²) in [6.45, 7) is 1.90. The summed E-state index contributed by atoms with van der Waals surface area (Å²) < 4.78 is 5.78. The van der Waals surface area contributed by atoms with Gasteiger partial charge >= 0.3 is 0 Å². The van der Waals surface area contributed by atoms with Crippen molar-refractivity contribution in [3.63, 3.8) is 0 Å². The van der Waals surface area contributed by atoms with Crippen molar-refractivity contribution < 1.29 is 9.34 Å². The average Bonchev–Trinajstić information content (AvgIpc) is 2.99. The lowest BCUT2D eigenvalue weighted by atomic mass is 10.1. The van der Waals surface area contributed by atoms with Gasteiger partial charge in [0.1, 0.15) is 17.4 Å². The third-order valence-electron chi connectivity index (χ3n) is 3.58. The van der Waals surface area contributed by atoms with Gasteiger partial charge in [-0.05, 0) is 25.1 Å². The number of anilines is 1. The van der Waals surface area contributed by atoms with Gasteiger partial charge in [0.15, 0.2) is 0 Å².